The number of nitrogens with one attached hydrogen (secondary N) is 1. The van der Waals surface area contributed by atoms with Crippen molar-refractivity contribution in [3.8, 4) is 17.2 Å². The lowest BCUT2D eigenvalue weighted by atomic mass is 10.2. The normalized spacial score (nSPS) is 12.3. The molecule has 2 aromatic rings. The van der Waals surface area contributed by atoms with Gasteiger partial charge in [-0.25, -0.2) is 4.99 Å². The van der Waals surface area contributed by atoms with E-state index < -0.39 is 0 Å². The average molecular weight is 469 g/mol. The van der Waals surface area contributed by atoms with E-state index in [0.717, 1.165) is 23.2 Å². The van der Waals surface area contributed by atoms with Crippen LogP contribution in [0, 0.1) is 0 Å². The molecule has 1 aliphatic rings. The molecule has 26 heavy (non-hydrogen) atoms. The lowest BCUT2D eigenvalue weighted by molar-refractivity contribution is 0.173. The number of halogens is 1. The molecule has 0 aliphatic carbocycles. The quantitative estimate of drug-likeness (QED) is 0.305. The van der Waals surface area contributed by atoms with Crippen molar-refractivity contribution >= 4 is 29.9 Å². The predicted molar refractivity (Wildman–Crippen MR) is 113 cm³/mol. The van der Waals surface area contributed by atoms with Crippen molar-refractivity contribution in [2.45, 2.75) is 6.54 Å². The molecule has 0 radical (unpaired) electrons. The first-order valence-electron chi connectivity index (χ1n) is 8.24. The van der Waals surface area contributed by atoms with Gasteiger partial charge >= 0.3 is 0 Å². The van der Waals surface area contributed by atoms with Crippen molar-refractivity contribution < 1.29 is 14.2 Å². The van der Waals surface area contributed by atoms with Crippen molar-refractivity contribution in [1.82, 2.24) is 10.2 Å². The topological polar surface area (TPSA) is 55.3 Å². The Bertz CT molecular complexity index is 723. The molecule has 0 saturated carbocycles. The summed E-state index contributed by atoms with van der Waals surface area (Å²) in [5, 5.41) is 3.31. The van der Waals surface area contributed by atoms with Crippen LogP contribution in [-0.2, 0) is 6.54 Å². The summed E-state index contributed by atoms with van der Waals surface area (Å²) >= 11 is 0. The molecule has 2 aromatic carbocycles. The average Bonchev–Trinajstić information content (AvgIpc) is 3.09. The minimum absolute atomic E-state index is 0. The number of rotatable bonds is 6. The maximum atomic E-state index is 5.75. The van der Waals surface area contributed by atoms with E-state index in [0.29, 0.717) is 19.7 Å². The number of benzene rings is 2. The Labute approximate surface area is 171 Å². The SMILES string of the molecule is CN(C)C(=NCc1ccccc1)NCCOc1ccc2c(c1)OCO2.I. The summed E-state index contributed by atoms with van der Waals surface area (Å²) in [6, 6.07) is 15.8. The van der Waals surface area contributed by atoms with Crippen LogP contribution in [-0.4, -0.2) is 44.9 Å². The van der Waals surface area contributed by atoms with E-state index in [1.807, 2.05) is 55.4 Å². The molecule has 6 nitrogen and oxygen atoms in total. The summed E-state index contributed by atoms with van der Waals surface area (Å²) in [6.07, 6.45) is 0. The van der Waals surface area contributed by atoms with Gasteiger partial charge in [0.1, 0.15) is 12.4 Å². The van der Waals surface area contributed by atoms with Gasteiger partial charge in [-0.05, 0) is 17.7 Å². The molecule has 0 bridgehead atoms. The molecule has 0 aromatic heterocycles. The monoisotopic (exact) mass is 469 g/mol. The number of nitrogens with zero attached hydrogens (tertiary/aromatic N) is 2. The smallest absolute Gasteiger partial charge is 0.231 e. The second kappa shape index (κ2) is 10.1. The number of hydrogen-bond acceptors (Lipinski definition) is 4. The Kier molecular flexibility index (Phi) is 7.83. The van der Waals surface area contributed by atoms with Crippen LogP contribution in [0.2, 0.25) is 0 Å². The van der Waals surface area contributed by atoms with E-state index in [2.05, 4.69) is 22.4 Å². The largest absolute Gasteiger partial charge is 0.492 e. The van der Waals surface area contributed by atoms with E-state index in [-0.39, 0.29) is 30.8 Å². The molecule has 0 fully saturated rings. The summed E-state index contributed by atoms with van der Waals surface area (Å²) < 4.78 is 16.4. The van der Waals surface area contributed by atoms with Gasteiger partial charge in [-0.3, -0.25) is 0 Å². The van der Waals surface area contributed by atoms with Crippen LogP contribution < -0.4 is 19.5 Å². The minimum atomic E-state index is 0. The third kappa shape index (κ3) is 5.69. The van der Waals surface area contributed by atoms with Crippen LogP contribution in [0.3, 0.4) is 0 Å². The van der Waals surface area contributed by atoms with Gasteiger partial charge < -0.3 is 24.4 Å². The van der Waals surface area contributed by atoms with Gasteiger partial charge in [-0.15, -0.1) is 24.0 Å². The molecule has 1 aliphatic heterocycles. The van der Waals surface area contributed by atoms with Crippen molar-refractivity contribution in [3.05, 3.63) is 54.1 Å². The Balaban J connectivity index is 0.00000243. The zero-order valence-electron chi connectivity index (χ0n) is 15.0. The number of guanidine groups is 1. The number of fused-ring (bicyclic) bond motifs is 1. The maximum absolute atomic E-state index is 5.75. The molecule has 3 rings (SSSR count). The van der Waals surface area contributed by atoms with Gasteiger partial charge in [0.15, 0.2) is 17.5 Å². The third-order valence-electron chi connectivity index (χ3n) is 3.68. The molecule has 1 heterocycles. The number of aliphatic imine (C=N–C) groups is 1. The molecule has 0 saturated heterocycles. The van der Waals surface area contributed by atoms with Crippen molar-refractivity contribution in [2.24, 2.45) is 4.99 Å². The Morgan fingerprint density at radius 1 is 1.12 bits per heavy atom. The predicted octanol–water partition coefficient (Wildman–Crippen LogP) is 3.12. The van der Waals surface area contributed by atoms with E-state index in [9.17, 15) is 0 Å². The molecular formula is C19H24IN3O3. The van der Waals surface area contributed by atoms with Gasteiger partial charge in [-0.1, -0.05) is 30.3 Å². The van der Waals surface area contributed by atoms with Crippen LogP contribution in [0.15, 0.2) is 53.5 Å². The zero-order valence-corrected chi connectivity index (χ0v) is 17.3. The fraction of sp³-hybridized carbons (Fsp3) is 0.316. The van der Waals surface area contributed by atoms with Gasteiger partial charge in [0.25, 0.3) is 0 Å². The maximum Gasteiger partial charge on any atom is 0.231 e. The molecule has 0 spiro atoms. The van der Waals surface area contributed by atoms with Crippen molar-refractivity contribution in [2.75, 3.05) is 34.0 Å². The highest BCUT2D eigenvalue weighted by Crippen LogP contribution is 2.34. The molecule has 0 amide bonds. The molecule has 0 atom stereocenters. The fourth-order valence-corrected chi connectivity index (χ4v) is 2.40. The van der Waals surface area contributed by atoms with E-state index in [4.69, 9.17) is 14.2 Å². The minimum Gasteiger partial charge on any atom is -0.492 e. The summed E-state index contributed by atoms with van der Waals surface area (Å²) in [7, 11) is 3.94. The van der Waals surface area contributed by atoms with Gasteiger partial charge in [0.05, 0.1) is 13.1 Å². The van der Waals surface area contributed by atoms with Crippen molar-refractivity contribution in [3.63, 3.8) is 0 Å². The third-order valence-corrected chi connectivity index (χ3v) is 3.68. The van der Waals surface area contributed by atoms with Crippen LogP contribution in [0.25, 0.3) is 0 Å². The standard InChI is InChI=1S/C19H23N3O3.HI/c1-22(2)19(21-13-15-6-4-3-5-7-15)20-10-11-23-16-8-9-17-18(12-16)25-14-24-17;/h3-9,12H,10-11,13-14H2,1-2H3,(H,20,21);1H. The van der Waals surface area contributed by atoms with Gasteiger partial charge in [0.2, 0.25) is 6.79 Å². The first kappa shape index (κ1) is 20.2. The van der Waals surface area contributed by atoms with Crippen LogP contribution in [0.1, 0.15) is 5.56 Å². The van der Waals surface area contributed by atoms with E-state index >= 15 is 0 Å². The number of hydrogen-bond donors (Lipinski definition) is 1. The summed E-state index contributed by atoms with van der Waals surface area (Å²) in [5.41, 5.74) is 1.18. The summed E-state index contributed by atoms with van der Waals surface area (Å²) in [5.74, 6) is 3.08. The van der Waals surface area contributed by atoms with Gasteiger partial charge in [0, 0.05) is 20.2 Å². The Morgan fingerprint density at radius 3 is 2.65 bits per heavy atom. The van der Waals surface area contributed by atoms with Crippen LogP contribution in [0.4, 0.5) is 0 Å². The van der Waals surface area contributed by atoms with E-state index in [1.54, 1.807) is 0 Å². The van der Waals surface area contributed by atoms with Crippen LogP contribution in [0.5, 0.6) is 17.2 Å². The highest BCUT2D eigenvalue weighted by Gasteiger charge is 2.13. The summed E-state index contributed by atoms with van der Waals surface area (Å²) in [4.78, 5) is 6.59. The first-order chi connectivity index (χ1) is 12.2. The first-order valence-corrected chi connectivity index (χ1v) is 8.24. The Hall–Kier alpha value is -2.16. The molecule has 7 heteroatoms. The highest BCUT2D eigenvalue weighted by molar-refractivity contribution is 14.0. The molecule has 0 unspecified atom stereocenters. The molecule has 140 valence electrons. The second-order valence-electron chi connectivity index (χ2n) is 5.81. The fourth-order valence-electron chi connectivity index (χ4n) is 2.40. The van der Waals surface area contributed by atoms with Crippen molar-refractivity contribution in [1.29, 1.82) is 0 Å². The molecular weight excluding hydrogens is 445 g/mol. The zero-order chi connectivity index (χ0) is 17.5. The second-order valence-corrected chi connectivity index (χ2v) is 5.81. The lowest BCUT2D eigenvalue weighted by Gasteiger charge is -2.18. The van der Waals surface area contributed by atoms with E-state index in [1.165, 1.54) is 5.56 Å². The number of ether oxygens (including phenoxy) is 3. The summed E-state index contributed by atoms with van der Waals surface area (Å²) in [6.45, 7) is 2.09. The highest BCUT2D eigenvalue weighted by atomic mass is 127. The molecule has 1 N–H and O–H groups in total. The van der Waals surface area contributed by atoms with Gasteiger partial charge in [-0.2, -0.15) is 0 Å². The van der Waals surface area contributed by atoms with Crippen LogP contribution >= 0.6 is 24.0 Å². The Morgan fingerprint density at radius 2 is 1.88 bits per heavy atom. The lowest BCUT2D eigenvalue weighted by Crippen LogP contribution is -2.38.